The van der Waals surface area contributed by atoms with Gasteiger partial charge in [0.05, 0.1) is 6.54 Å². The Balaban J connectivity index is 3.47. The molecule has 0 saturated heterocycles. The number of rotatable bonds is 6. The number of unbranched alkanes of at least 4 members (excludes halogenated alkanes) is 1. The monoisotopic (exact) mass is 242 g/mol. The summed E-state index contributed by atoms with van der Waals surface area (Å²) in [4.78, 5) is 11.5. The number of carbonyl (C=O) groups is 1. The van der Waals surface area contributed by atoms with Crippen molar-refractivity contribution in [1.82, 2.24) is 10.6 Å². The van der Waals surface area contributed by atoms with E-state index in [9.17, 15) is 4.79 Å². The van der Waals surface area contributed by atoms with Crippen LogP contribution in [0.25, 0.3) is 0 Å². The van der Waals surface area contributed by atoms with Gasteiger partial charge in [-0.2, -0.15) is 0 Å². The lowest BCUT2D eigenvalue weighted by molar-refractivity contribution is -0.120. The average molecular weight is 242 g/mol. The fourth-order valence-electron chi connectivity index (χ4n) is 1.42. The summed E-state index contributed by atoms with van der Waals surface area (Å²) in [6.07, 6.45) is 3.46. The normalized spacial score (nSPS) is 12.6. The Kier molecular flexibility index (Phi) is 6.76. The van der Waals surface area contributed by atoms with Gasteiger partial charge in [-0.25, -0.2) is 0 Å². The molecule has 0 atom stereocenters. The van der Waals surface area contributed by atoms with Crippen LogP contribution in [0, 0.1) is 5.41 Å². The standard InChI is InChI=1S/C14H30N2O/c1-13(2,3)9-7-8-10-15-12(17)11-16-14(4,5)6/h16H,7-11H2,1-6H3,(H,15,17). The molecule has 1 amide bonds. The molecule has 17 heavy (non-hydrogen) atoms. The number of nitrogens with one attached hydrogen (secondary N) is 2. The van der Waals surface area contributed by atoms with Crippen molar-refractivity contribution < 1.29 is 4.79 Å². The maximum Gasteiger partial charge on any atom is 0.233 e. The van der Waals surface area contributed by atoms with Crippen molar-refractivity contribution in [1.29, 1.82) is 0 Å². The van der Waals surface area contributed by atoms with Gasteiger partial charge >= 0.3 is 0 Å². The molecule has 0 aliphatic rings. The number of amides is 1. The number of carbonyl (C=O) groups excluding carboxylic acids is 1. The van der Waals surface area contributed by atoms with E-state index in [0.29, 0.717) is 12.0 Å². The zero-order chi connectivity index (χ0) is 13.5. The van der Waals surface area contributed by atoms with E-state index >= 15 is 0 Å². The minimum atomic E-state index is 0.00355. The summed E-state index contributed by atoms with van der Waals surface area (Å²) in [7, 11) is 0. The van der Waals surface area contributed by atoms with Gasteiger partial charge in [-0.3, -0.25) is 4.79 Å². The van der Waals surface area contributed by atoms with Crippen LogP contribution >= 0.6 is 0 Å². The molecular weight excluding hydrogens is 212 g/mol. The van der Waals surface area contributed by atoms with Crippen molar-refractivity contribution in [3.63, 3.8) is 0 Å². The third-order valence-corrected chi connectivity index (χ3v) is 2.45. The second kappa shape index (κ2) is 7.00. The Morgan fingerprint density at radius 1 is 1.00 bits per heavy atom. The molecule has 3 heteroatoms. The molecule has 0 saturated carbocycles. The molecule has 0 aliphatic heterocycles. The number of hydrogen-bond acceptors (Lipinski definition) is 2. The van der Waals surface area contributed by atoms with E-state index in [4.69, 9.17) is 0 Å². The fraction of sp³-hybridized carbons (Fsp3) is 0.929. The zero-order valence-corrected chi connectivity index (χ0v) is 12.4. The highest BCUT2D eigenvalue weighted by Crippen LogP contribution is 2.21. The van der Waals surface area contributed by atoms with Gasteiger partial charge in [-0.1, -0.05) is 27.2 Å². The van der Waals surface area contributed by atoms with Crippen molar-refractivity contribution in [2.45, 2.75) is 66.3 Å². The van der Waals surface area contributed by atoms with E-state index in [-0.39, 0.29) is 11.4 Å². The van der Waals surface area contributed by atoms with Crippen LogP contribution in [-0.2, 0) is 4.79 Å². The summed E-state index contributed by atoms with van der Waals surface area (Å²) in [5.74, 6) is 0.0932. The maximum atomic E-state index is 11.5. The van der Waals surface area contributed by atoms with Gasteiger partial charge in [0.15, 0.2) is 0 Å². The summed E-state index contributed by atoms with van der Waals surface area (Å²) < 4.78 is 0. The SMILES string of the molecule is CC(C)(C)CCCCNC(=O)CNC(C)(C)C. The number of hydrogen-bond donors (Lipinski definition) is 2. The summed E-state index contributed by atoms with van der Waals surface area (Å²) in [6, 6.07) is 0. The summed E-state index contributed by atoms with van der Waals surface area (Å²) in [5, 5.41) is 6.11. The molecule has 0 aromatic rings. The minimum Gasteiger partial charge on any atom is -0.355 e. The highest BCUT2D eigenvalue weighted by atomic mass is 16.1. The summed E-state index contributed by atoms with van der Waals surface area (Å²) >= 11 is 0. The molecule has 2 N–H and O–H groups in total. The lowest BCUT2D eigenvalue weighted by Gasteiger charge is -2.20. The van der Waals surface area contributed by atoms with Crippen molar-refractivity contribution >= 4 is 5.91 Å². The van der Waals surface area contributed by atoms with E-state index in [1.54, 1.807) is 0 Å². The van der Waals surface area contributed by atoms with Gasteiger partial charge in [0.2, 0.25) is 5.91 Å². The second-order valence-corrected chi connectivity index (χ2v) is 6.97. The van der Waals surface area contributed by atoms with Crippen molar-refractivity contribution in [3.05, 3.63) is 0 Å². The molecule has 0 heterocycles. The Morgan fingerprint density at radius 3 is 2.06 bits per heavy atom. The lowest BCUT2D eigenvalue weighted by atomic mass is 9.90. The molecule has 3 nitrogen and oxygen atoms in total. The maximum absolute atomic E-state index is 11.5. The molecule has 0 aromatic heterocycles. The van der Waals surface area contributed by atoms with E-state index < -0.39 is 0 Å². The predicted molar refractivity (Wildman–Crippen MR) is 74.1 cm³/mol. The largest absolute Gasteiger partial charge is 0.355 e. The fourth-order valence-corrected chi connectivity index (χ4v) is 1.42. The van der Waals surface area contributed by atoms with Crippen LogP contribution in [0.3, 0.4) is 0 Å². The van der Waals surface area contributed by atoms with Crippen LogP contribution < -0.4 is 10.6 Å². The van der Waals surface area contributed by atoms with Crippen molar-refractivity contribution in [2.75, 3.05) is 13.1 Å². The Bertz CT molecular complexity index is 223. The molecule has 102 valence electrons. The van der Waals surface area contributed by atoms with Gasteiger partial charge < -0.3 is 10.6 Å². The minimum absolute atomic E-state index is 0.00355. The topological polar surface area (TPSA) is 41.1 Å². The molecule has 0 rings (SSSR count). The van der Waals surface area contributed by atoms with Crippen molar-refractivity contribution in [2.24, 2.45) is 5.41 Å². The molecule has 0 spiro atoms. The predicted octanol–water partition coefficient (Wildman–Crippen LogP) is 2.71. The van der Waals surface area contributed by atoms with Crippen molar-refractivity contribution in [3.8, 4) is 0 Å². The van der Waals surface area contributed by atoms with Crippen LogP contribution in [-0.4, -0.2) is 24.5 Å². The second-order valence-electron chi connectivity index (χ2n) is 6.97. The van der Waals surface area contributed by atoms with Crippen LogP contribution in [0.5, 0.6) is 0 Å². The van der Waals surface area contributed by atoms with E-state index in [0.717, 1.165) is 13.0 Å². The average Bonchev–Trinajstić information content (AvgIpc) is 2.11. The van der Waals surface area contributed by atoms with E-state index in [2.05, 4.69) is 52.2 Å². The summed E-state index contributed by atoms with van der Waals surface area (Å²) in [5.41, 5.74) is 0.404. The first-order valence-electron chi connectivity index (χ1n) is 6.62. The van der Waals surface area contributed by atoms with E-state index in [1.807, 2.05) is 0 Å². The highest BCUT2D eigenvalue weighted by Gasteiger charge is 2.11. The van der Waals surface area contributed by atoms with Gasteiger partial charge in [-0.05, 0) is 39.0 Å². The first kappa shape index (κ1) is 16.4. The molecular formula is C14H30N2O. The first-order chi connectivity index (χ1) is 7.60. The Morgan fingerprint density at radius 2 is 1.59 bits per heavy atom. The smallest absolute Gasteiger partial charge is 0.233 e. The molecule has 0 radical (unpaired) electrons. The third kappa shape index (κ3) is 13.4. The Hall–Kier alpha value is -0.570. The Labute approximate surface area is 107 Å². The van der Waals surface area contributed by atoms with Crippen LogP contribution in [0.1, 0.15) is 60.8 Å². The lowest BCUT2D eigenvalue weighted by Crippen LogP contribution is -2.43. The van der Waals surface area contributed by atoms with Crippen LogP contribution in [0.2, 0.25) is 0 Å². The van der Waals surface area contributed by atoms with Crippen LogP contribution in [0.15, 0.2) is 0 Å². The summed E-state index contributed by atoms with van der Waals surface area (Å²) in [6.45, 7) is 14.1. The molecule has 0 fully saturated rings. The quantitative estimate of drug-likeness (QED) is 0.703. The molecule has 0 aliphatic carbocycles. The van der Waals surface area contributed by atoms with Gasteiger partial charge in [0.25, 0.3) is 0 Å². The highest BCUT2D eigenvalue weighted by molar-refractivity contribution is 5.78. The molecule has 0 bridgehead atoms. The zero-order valence-electron chi connectivity index (χ0n) is 12.4. The first-order valence-corrected chi connectivity index (χ1v) is 6.62. The van der Waals surface area contributed by atoms with Gasteiger partial charge in [0, 0.05) is 12.1 Å². The van der Waals surface area contributed by atoms with E-state index in [1.165, 1.54) is 12.8 Å². The van der Waals surface area contributed by atoms with Gasteiger partial charge in [-0.15, -0.1) is 0 Å². The third-order valence-electron chi connectivity index (χ3n) is 2.45. The van der Waals surface area contributed by atoms with Gasteiger partial charge in [0.1, 0.15) is 0 Å². The van der Waals surface area contributed by atoms with Crippen LogP contribution in [0.4, 0.5) is 0 Å². The molecule has 0 aromatic carbocycles. The molecule has 0 unspecified atom stereocenters.